The summed E-state index contributed by atoms with van der Waals surface area (Å²) in [6.07, 6.45) is 2.42. The number of amides is 1. The Morgan fingerprint density at radius 2 is 1.93 bits per heavy atom. The van der Waals surface area contributed by atoms with E-state index in [0.717, 1.165) is 23.9 Å². The number of rotatable bonds is 3. The molecule has 1 rings (SSSR count). The van der Waals surface area contributed by atoms with E-state index in [2.05, 4.69) is 28.1 Å². The van der Waals surface area contributed by atoms with Crippen molar-refractivity contribution in [1.29, 1.82) is 0 Å². The maximum absolute atomic E-state index is 12.3. The number of hydrogen-bond donors (Lipinski definition) is 0. The van der Waals surface area contributed by atoms with Crippen LogP contribution in [0.3, 0.4) is 0 Å². The average molecular weight is 213 g/mol. The number of carbonyl (C=O) groups is 1. The minimum atomic E-state index is -0.201. The lowest BCUT2D eigenvalue weighted by atomic mass is 9.86. The Morgan fingerprint density at radius 1 is 1.40 bits per heavy atom. The first-order chi connectivity index (χ1) is 6.70. The third-order valence-corrected chi connectivity index (χ3v) is 3.61. The van der Waals surface area contributed by atoms with Crippen molar-refractivity contribution in [2.24, 2.45) is 5.41 Å². The summed E-state index contributed by atoms with van der Waals surface area (Å²) in [6.45, 7) is 7.10. The van der Waals surface area contributed by atoms with Crippen LogP contribution in [0.25, 0.3) is 0 Å². The van der Waals surface area contributed by atoms with Crippen LogP contribution in [0.15, 0.2) is 0 Å². The molecule has 0 bridgehead atoms. The summed E-state index contributed by atoms with van der Waals surface area (Å²) in [5.74, 6) is 0.314. The zero-order chi connectivity index (χ0) is 11.9. The summed E-state index contributed by atoms with van der Waals surface area (Å²) in [5.41, 5.74) is -0.201. The van der Waals surface area contributed by atoms with Crippen LogP contribution >= 0.6 is 0 Å². The second kappa shape index (κ2) is 3.78. The van der Waals surface area contributed by atoms with Crippen LogP contribution in [0, 0.1) is 5.41 Å². The van der Waals surface area contributed by atoms with Gasteiger partial charge in [0.1, 0.15) is 0 Å². The van der Waals surface area contributed by atoms with E-state index >= 15 is 0 Å². The number of quaternary nitrogens is 1. The summed E-state index contributed by atoms with van der Waals surface area (Å²) < 4.78 is 0.853. The largest absolute Gasteiger partial charge is 0.311 e. The third-order valence-electron chi connectivity index (χ3n) is 3.61. The molecular weight excluding hydrogens is 188 g/mol. The number of carbonyl (C=O) groups excluding carboxylic acids is 1. The molecule has 1 aliphatic rings. The van der Waals surface area contributed by atoms with Crippen LogP contribution in [0.4, 0.5) is 0 Å². The molecule has 0 saturated carbocycles. The Balaban J connectivity index is 2.71. The van der Waals surface area contributed by atoms with E-state index in [1.807, 2.05) is 18.7 Å². The van der Waals surface area contributed by atoms with Gasteiger partial charge in [-0.05, 0) is 6.42 Å². The van der Waals surface area contributed by atoms with Crippen molar-refractivity contribution in [3.05, 3.63) is 0 Å². The molecule has 15 heavy (non-hydrogen) atoms. The minimum absolute atomic E-state index is 0.201. The minimum Gasteiger partial charge on any atom is -0.311 e. The first-order valence-electron chi connectivity index (χ1n) is 5.82. The predicted octanol–water partition coefficient (Wildman–Crippen LogP) is 1.69. The monoisotopic (exact) mass is 213 g/mol. The standard InChI is InChI=1S/C12H25N2O/c1-7-12(2,3)11(15)13-9-8-10(13)14(4,5)6/h10H,7-9H2,1-6H3/q+1. The lowest BCUT2D eigenvalue weighted by Crippen LogP contribution is -2.66. The summed E-state index contributed by atoms with van der Waals surface area (Å²) in [5, 5.41) is 0. The van der Waals surface area contributed by atoms with Crippen molar-refractivity contribution in [1.82, 2.24) is 4.90 Å². The molecule has 0 aromatic carbocycles. The molecule has 0 spiro atoms. The smallest absolute Gasteiger partial charge is 0.232 e. The number of likely N-dealkylation sites (tertiary alicyclic amines) is 1. The Labute approximate surface area is 93.6 Å². The fraction of sp³-hybridized carbons (Fsp3) is 0.917. The Morgan fingerprint density at radius 3 is 2.20 bits per heavy atom. The quantitative estimate of drug-likeness (QED) is 0.653. The lowest BCUT2D eigenvalue weighted by molar-refractivity contribution is -0.913. The second-order valence-corrected chi connectivity index (χ2v) is 6.12. The van der Waals surface area contributed by atoms with Crippen molar-refractivity contribution in [3.63, 3.8) is 0 Å². The fourth-order valence-corrected chi connectivity index (χ4v) is 1.96. The summed E-state index contributed by atoms with van der Waals surface area (Å²) >= 11 is 0. The molecular formula is C12H25N2O+. The molecule has 0 aliphatic carbocycles. The Hall–Kier alpha value is -0.570. The molecule has 1 saturated heterocycles. The summed E-state index contributed by atoms with van der Waals surface area (Å²) in [6, 6.07) is 0. The molecule has 1 unspecified atom stereocenters. The predicted molar refractivity (Wildman–Crippen MR) is 62.2 cm³/mol. The molecule has 3 nitrogen and oxygen atoms in total. The fourth-order valence-electron chi connectivity index (χ4n) is 1.96. The van der Waals surface area contributed by atoms with Crippen LogP contribution in [0.2, 0.25) is 0 Å². The topological polar surface area (TPSA) is 20.3 Å². The van der Waals surface area contributed by atoms with Crippen LogP contribution in [0.5, 0.6) is 0 Å². The van der Waals surface area contributed by atoms with E-state index in [9.17, 15) is 4.79 Å². The van der Waals surface area contributed by atoms with Gasteiger partial charge in [-0.1, -0.05) is 20.8 Å². The second-order valence-electron chi connectivity index (χ2n) is 6.12. The number of hydrogen-bond acceptors (Lipinski definition) is 1. The van der Waals surface area contributed by atoms with Crippen molar-refractivity contribution in [2.45, 2.75) is 39.8 Å². The van der Waals surface area contributed by atoms with Gasteiger partial charge in [0.25, 0.3) is 0 Å². The highest BCUT2D eigenvalue weighted by atomic mass is 16.2. The van der Waals surface area contributed by atoms with Crippen LogP contribution in [0.1, 0.15) is 33.6 Å². The van der Waals surface area contributed by atoms with E-state index in [-0.39, 0.29) is 5.41 Å². The van der Waals surface area contributed by atoms with E-state index < -0.39 is 0 Å². The van der Waals surface area contributed by atoms with E-state index in [4.69, 9.17) is 0 Å². The molecule has 1 heterocycles. The summed E-state index contributed by atoms with van der Waals surface area (Å²) in [4.78, 5) is 14.3. The highest BCUT2D eigenvalue weighted by Gasteiger charge is 2.45. The molecule has 1 fully saturated rings. The van der Waals surface area contributed by atoms with E-state index in [1.165, 1.54) is 0 Å². The van der Waals surface area contributed by atoms with Gasteiger partial charge in [-0.15, -0.1) is 0 Å². The number of nitrogens with zero attached hydrogens (tertiary/aromatic N) is 2. The maximum Gasteiger partial charge on any atom is 0.232 e. The van der Waals surface area contributed by atoms with E-state index in [1.54, 1.807) is 0 Å². The van der Waals surface area contributed by atoms with Gasteiger partial charge >= 0.3 is 0 Å². The Kier molecular flexibility index (Phi) is 3.15. The highest BCUT2D eigenvalue weighted by Crippen LogP contribution is 2.31. The van der Waals surface area contributed by atoms with Crippen LogP contribution in [-0.2, 0) is 4.79 Å². The zero-order valence-corrected chi connectivity index (χ0v) is 11.0. The summed E-state index contributed by atoms with van der Waals surface area (Å²) in [7, 11) is 6.47. The SMILES string of the molecule is CCC(C)(C)C(=O)N1CCC1[N+](C)(C)C. The van der Waals surface area contributed by atoms with Crippen molar-refractivity contribution in [2.75, 3.05) is 27.7 Å². The van der Waals surface area contributed by atoms with Gasteiger partial charge < -0.3 is 4.48 Å². The molecule has 3 heteroatoms. The molecule has 0 N–H and O–H groups in total. The zero-order valence-electron chi connectivity index (χ0n) is 11.0. The lowest BCUT2D eigenvalue weighted by Gasteiger charge is -2.50. The van der Waals surface area contributed by atoms with E-state index in [0.29, 0.717) is 12.1 Å². The molecule has 1 aliphatic heterocycles. The highest BCUT2D eigenvalue weighted by molar-refractivity contribution is 5.82. The van der Waals surface area contributed by atoms with Gasteiger partial charge in [-0.2, -0.15) is 0 Å². The normalized spacial score (nSPS) is 22.5. The molecule has 88 valence electrons. The van der Waals surface area contributed by atoms with Gasteiger partial charge in [0.05, 0.1) is 21.1 Å². The molecule has 0 aromatic heterocycles. The molecule has 0 radical (unpaired) electrons. The van der Waals surface area contributed by atoms with Crippen molar-refractivity contribution < 1.29 is 9.28 Å². The van der Waals surface area contributed by atoms with Crippen LogP contribution < -0.4 is 0 Å². The van der Waals surface area contributed by atoms with Gasteiger partial charge in [0.2, 0.25) is 5.91 Å². The molecule has 1 atom stereocenters. The first-order valence-corrected chi connectivity index (χ1v) is 5.82. The van der Waals surface area contributed by atoms with Gasteiger partial charge in [0, 0.05) is 18.4 Å². The van der Waals surface area contributed by atoms with Crippen LogP contribution in [-0.4, -0.2) is 49.1 Å². The maximum atomic E-state index is 12.3. The first kappa shape index (κ1) is 12.5. The third kappa shape index (κ3) is 2.33. The Bertz CT molecular complexity index is 253. The molecule has 0 aromatic rings. The van der Waals surface area contributed by atoms with Crippen molar-refractivity contribution in [3.8, 4) is 0 Å². The average Bonchev–Trinajstić information content (AvgIpc) is 1.98. The van der Waals surface area contributed by atoms with Crippen molar-refractivity contribution >= 4 is 5.91 Å². The molecule has 1 amide bonds. The van der Waals surface area contributed by atoms with Gasteiger partial charge in [0.15, 0.2) is 6.17 Å². The van der Waals surface area contributed by atoms with Gasteiger partial charge in [-0.3, -0.25) is 9.69 Å². The van der Waals surface area contributed by atoms with Gasteiger partial charge in [-0.25, -0.2) is 0 Å².